The number of hydrogen-bond acceptors (Lipinski definition) is 5. The average Bonchev–Trinajstić information content (AvgIpc) is 2.84. The Morgan fingerprint density at radius 3 is 3.00 bits per heavy atom. The van der Waals surface area contributed by atoms with Crippen molar-refractivity contribution in [3.8, 4) is 0 Å². The molecule has 1 aliphatic rings. The number of methoxy groups -OCH3 is 1. The van der Waals surface area contributed by atoms with E-state index >= 15 is 0 Å². The van der Waals surface area contributed by atoms with Crippen LogP contribution in [0.2, 0.25) is 0 Å². The van der Waals surface area contributed by atoms with Gasteiger partial charge in [-0.05, 0) is 12.8 Å². The van der Waals surface area contributed by atoms with Crippen LogP contribution in [-0.2, 0) is 4.74 Å². The summed E-state index contributed by atoms with van der Waals surface area (Å²) >= 11 is 0. The summed E-state index contributed by atoms with van der Waals surface area (Å²) in [7, 11) is 1.69. The van der Waals surface area contributed by atoms with Crippen molar-refractivity contribution in [2.24, 2.45) is 0 Å². The van der Waals surface area contributed by atoms with Crippen LogP contribution < -0.4 is 10.2 Å². The molecule has 0 aliphatic carbocycles. The Bertz CT molecular complexity index is 360. The highest BCUT2D eigenvalue weighted by atomic mass is 19.1. The molecule has 2 rings (SSSR count). The molecule has 0 spiro atoms. The van der Waals surface area contributed by atoms with E-state index in [1.807, 2.05) is 0 Å². The van der Waals surface area contributed by atoms with E-state index in [-0.39, 0.29) is 0 Å². The van der Waals surface area contributed by atoms with E-state index in [0.717, 1.165) is 32.5 Å². The zero-order valence-electron chi connectivity index (χ0n) is 10.6. The molecule has 18 heavy (non-hydrogen) atoms. The standard InChI is InChI=1S/C12H19FN4O/c1-18-6-4-14-9-11-3-2-5-17(11)12-15-7-10(13)8-16-12/h7-8,11,14H,2-6,9H2,1H3. The van der Waals surface area contributed by atoms with E-state index in [1.54, 1.807) is 7.11 Å². The normalized spacial score (nSPS) is 19.4. The summed E-state index contributed by atoms with van der Waals surface area (Å²) < 4.78 is 17.8. The Kier molecular flexibility index (Phi) is 4.83. The van der Waals surface area contributed by atoms with Gasteiger partial charge >= 0.3 is 0 Å². The summed E-state index contributed by atoms with van der Waals surface area (Å²) in [5, 5.41) is 3.34. The minimum Gasteiger partial charge on any atom is -0.383 e. The second-order valence-electron chi connectivity index (χ2n) is 4.39. The molecule has 0 saturated carbocycles. The number of rotatable bonds is 6. The number of anilines is 1. The van der Waals surface area contributed by atoms with Crippen LogP contribution in [0.5, 0.6) is 0 Å². The van der Waals surface area contributed by atoms with Crippen molar-refractivity contribution < 1.29 is 9.13 Å². The van der Waals surface area contributed by atoms with E-state index in [1.165, 1.54) is 12.4 Å². The summed E-state index contributed by atoms with van der Waals surface area (Å²) in [5.74, 6) is 0.222. The molecule has 0 amide bonds. The van der Waals surface area contributed by atoms with Crippen LogP contribution in [0.3, 0.4) is 0 Å². The molecule has 0 radical (unpaired) electrons. The van der Waals surface area contributed by atoms with Crippen molar-refractivity contribution in [3.05, 3.63) is 18.2 Å². The van der Waals surface area contributed by atoms with Crippen molar-refractivity contribution in [2.75, 3.05) is 38.3 Å². The van der Waals surface area contributed by atoms with Gasteiger partial charge in [-0.15, -0.1) is 0 Å². The number of nitrogens with one attached hydrogen (secondary N) is 1. The lowest BCUT2D eigenvalue weighted by molar-refractivity contribution is 0.199. The Morgan fingerprint density at radius 1 is 1.50 bits per heavy atom. The summed E-state index contributed by atoms with van der Waals surface area (Å²) in [6.45, 7) is 3.36. The molecule has 1 saturated heterocycles. The van der Waals surface area contributed by atoms with Gasteiger partial charge in [0.05, 0.1) is 19.0 Å². The molecule has 6 heteroatoms. The predicted octanol–water partition coefficient (Wildman–Crippen LogP) is 0.820. The largest absolute Gasteiger partial charge is 0.383 e. The smallest absolute Gasteiger partial charge is 0.225 e. The van der Waals surface area contributed by atoms with Gasteiger partial charge in [-0.25, -0.2) is 14.4 Å². The fourth-order valence-corrected chi connectivity index (χ4v) is 2.21. The van der Waals surface area contributed by atoms with Crippen LogP contribution in [0.25, 0.3) is 0 Å². The van der Waals surface area contributed by atoms with E-state index < -0.39 is 5.82 Å². The first-order valence-electron chi connectivity index (χ1n) is 6.25. The molecular formula is C12H19FN4O. The van der Waals surface area contributed by atoms with Crippen LogP contribution in [0, 0.1) is 5.82 Å². The van der Waals surface area contributed by atoms with Gasteiger partial charge in [-0.2, -0.15) is 0 Å². The Morgan fingerprint density at radius 2 is 2.28 bits per heavy atom. The number of hydrogen-bond donors (Lipinski definition) is 1. The first kappa shape index (κ1) is 13.2. The molecule has 5 nitrogen and oxygen atoms in total. The molecule has 1 atom stereocenters. The summed E-state index contributed by atoms with van der Waals surface area (Å²) in [4.78, 5) is 10.2. The Labute approximate surface area is 106 Å². The minimum atomic E-state index is -0.396. The summed E-state index contributed by atoms with van der Waals surface area (Å²) in [6, 6.07) is 0.382. The van der Waals surface area contributed by atoms with Gasteiger partial charge in [0.25, 0.3) is 0 Å². The SMILES string of the molecule is COCCNCC1CCCN1c1ncc(F)cn1. The third-order valence-corrected chi connectivity index (χ3v) is 3.10. The molecule has 1 aliphatic heterocycles. The van der Waals surface area contributed by atoms with Gasteiger partial charge in [-0.3, -0.25) is 0 Å². The molecule has 1 unspecified atom stereocenters. The van der Waals surface area contributed by atoms with E-state index in [4.69, 9.17) is 4.74 Å². The molecular weight excluding hydrogens is 235 g/mol. The number of aromatic nitrogens is 2. The average molecular weight is 254 g/mol. The third kappa shape index (κ3) is 3.36. The molecule has 2 heterocycles. The van der Waals surface area contributed by atoms with Crippen LogP contribution >= 0.6 is 0 Å². The van der Waals surface area contributed by atoms with Crippen molar-refractivity contribution in [1.29, 1.82) is 0 Å². The Hall–Kier alpha value is -1.27. The van der Waals surface area contributed by atoms with Gasteiger partial charge < -0.3 is 15.0 Å². The van der Waals surface area contributed by atoms with Gasteiger partial charge in [0.2, 0.25) is 5.95 Å². The van der Waals surface area contributed by atoms with Crippen LogP contribution in [0.1, 0.15) is 12.8 Å². The highest BCUT2D eigenvalue weighted by Crippen LogP contribution is 2.21. The Balaban J connectivity index is 1.88. The minimum absolute atomic E-state index is 0.382. The molecule has 0 bridgehead atoms. The maximum absolute atomic E-state index is 12.8. The molecule has 1 aromatic heterocycles. The van der Waals surface area contributed by atoms with E-state index in [2.05, 4.69) is 20.2 Å². The number of ether oxygens (including phenoxy) is 1. The highest BCUT2D eigenvalue weighted by Gasteiger charge is 2.26. The van der Waals surface area contributed by atoms with Gasteiger partial charge in [0.15, 0.2) is 5.82 Å². The van der Waals surface area contributed by atoms with Gasteiger partial charge in [0.1, 0.15) is 0 Å². The quantitative estimate of drug-likeness (QED) is 0.762. The van der Waals surface area contributed by atoms with Crippen molar-refractivity contribution in [3.63, 3.8) is 0 Å². The summed E-state index contributed by atoms with van der Waals surface area (Å²) in [5.41, 5.74) is 0. The topological polar surface area (TPSA) is 50.3 Å². The van der Waals surface area contributed by atoms with Gasteiger partial charge in [0, 0.05) is 32.8 Å². The second kappa shape index (κ2) is 6.61. The second-order valence-corrected chi connectivity index (χ2v) is 4.39. The monoisotopic (exact) mass is 254 g/mol. The maximum atomic E-state index is 12.8. The zero-order chi connectivity index (χ0) is 12.8. The van der Waals surface area contributed by atoms with Gasteiger partial charge in [-0.1, -0.05) is 0 Å². The fourth-order valence-electron chi connectivity index (χ4n) is 2.21. The lowest BCUT2D eigenvalue weighted by Crippen LogP contribution is -2.39. The fraction of sp³-hybridized carbons (Fsp3) is 0.667. The molecule has 100 valence electrons. The maximum Gasteiger partial charge on any atom is 0.225 e. The van der Waals surface area contributed by atoms with E-state index in [0.29, 0.717) is 18.6 Å². The van der Waals surface area contributed by atoms with Crippen molar-refractivity contribution >= 4 is 5.95 Å². The van der Waals surface area contributed by atoms with E-state index in [9.17, 15) is 4.39 Å². The van der Waals surface area contributed by atoms with Crippen LogP contribution in [0.15, 0.2) is 12.4 Å². The lowest BCUT2D eigenvalue weighted by Gasteiger charge is -2.24. The number of nitrogens with zero attached hydrogens (tertiary/aromatic N) is 3. The van der Waals surface area contributed by atoms with Crippen molar-refractivity contribution in [2.45, 2.75) is 18.9 Å². The molecule has 1 fully saturated rings. The van der Waals surface area contributed by atoms with Crippen molar-refractivity contribution in [1.82, 2.24) is 15.3 Å². The first-order chi connectivity index (χ1) is 8.81. The lowest BCUT2D eigenvalue weighted by atomic mass is 10.2. The van der Waals surface area contributed by atoms with Crippen LogP contribution in [-0.4, -0.2) is 49.4 Å². The number of halogens is 1. The molecule has 0 aromatic carbocycles. The zero-order valence-corrected chi connectivity index (χ0v) is 10.6. The summed E-state index contributed by atoms with van der Waals surface area (Å²) in [6.07, 6.45) is 4.67. The molecule has 1 aromatic rings. The molecule has 1 N–H and O–H groups in total. The predicted molar refractivity (Wildman–Crippen MR) is 67.1 cm³/mol. The highest BCUT2D eigenvalue weighted by molar-refractivity contribution is 5.32. The van der Waals surface area contributed by atoms with Crippen LogP contribution in [0.4, 0.5) is 10.3 Å². The third-order valence-electron chi connectivity index (χ3n) is 3.10. The first-order valence-corrected chi connectivity index (χ1v) is 6.25.